The molecule has 19 heavy (non-hydrogen) atoms. The summed E-state index contributed by atoms with van der Waals surface area (Å²) in [6.07, 6.45) is 0. The molecule has 102 valence electrons. The van der Waals surface area contributed by atoms with E-state index in [0.717, 1.165) is 15.8 Å². The number of rotatable bonds is 3. The first-order chi connectivity index (χ1) is 8.79. The molecule has 0 aliphatic carbocycles. The fraction of sp³-hybridized carbons (Fsp3) is 0. The minimum absolute atomic E-state index is 0.149. The van der Waals surface area contributed by atoms with Crippen LogP contribution in [-0.4, -0.2) is 8.42 Å². The molecule has 9 heteroatoms. The zero-order valence-corrected chi connectivity index (χ0v) is 16.1. The van der Waals surface area contributed by atoms with E-state index >= 15 is 0 Å². The van der Waals surface area contributed by atoms with Gasteiger partial charge in [-0.05, 0) is 56.1 Å². The van der Waals surface area contributed by atoms with E-state index in [2.05, 4.69) is 52.5 Å². The SMILES string of the molecule is O=S(=O)(Nc1cc(Br)ccc1Br)c1cc(Cl)c(Br)s1. The molecule has 0 bridgehead atoms. The van der Waals surface area contributed by atoms with Gasteiger partial charge >= 0.3 is 0 Å². The van der Waals surface area contributed by atoms with Crippen LogP contribution < -0.4 is 4.72 Å². The van der Waals surface area contributed by atoms with Gasteiger partial charge in [-0.1, -0.05) is 27.5 Å². The Hall–Kier alpha value is 0.400. The molecule has 1 N–H and O–H groups in total. The molecular weight excluding hydrogens is 505 g/mol. The molecule has 0 radical (unpaired) electrons. The molecular formula is C10H5Br3ClNO2S2. The van der Waals surface area contributed by atoms with Gasteiger partial charge in [0.25, 0.3) is 10.0 Å². The zero-order valence-electron chi connectivity index (χ0n) is 8.95. The van der Waals surface area contributed by atoms with E-state index in [1.165, 1.54) is 6.07 Å². The third-order valence-electron chi connectivity index (χ3n) is 2.06. The Balaban J connectivity index is 2.39. The Labute approximate surface area is 144 Å². The van der Waals surface area contributed by atoms with E-state index in [1.807, 2.05) is 0 Å². The number of sulfonamides is 1. The third-order valence-corrected chi connectivity index (χ3v) is 7.56. The van der Waals surface area contributed by atoms with Crippen LogP contribution in [0.25, 0.3) is 0 Å². The van der Waals surface area contributed by atoms with Crippen molar-refractivity contribution in [3.05, 3.63) is 42.0 Å². The maximum atomic E-state index is 12.2. The fourth-order valence-corrected chi connectivity index (χ4v) is 5.54. The second-order valence-corrected chi connectivity index (χ2v) is 9.87. The first-order valence-electron chi connectivity index (χ1n) is 4.72. The van der Waals surface area contributed by atoms with Crippen molar-refractivity contribution in [2.24, 2.45) is 0 Å². The van der Waals surface area contributed by atoms with Crippen molar-refractivity contribution in [3.8, 4) is 0 Å². The summed E-state index contributed by atoms with van der Waals surface area (Å²) in [5.41, 5.74) is 0.454. The van der Waals surface area contributed by atoms with Crippen molar-refractivity contribution in [1.82, 2.24) is 0 Å². The van der Waals surface area contributed by atoms with Crippen LogP contribution in [0.4, 0.5) is 5.69 Å². The normalized spacial score (nSPS) is 11.6. The van der Waals surface area contributed by atoms with Gasteiger partial charge in [0.2, 0.25) is 0 Å². The average molecular weight is 510 g/mol. The van der Waals surface area contributed by atoms with Crippen molar-refractivity contribution in [2.45, 2.75) is 4.21 Å². The van der Waals surface area contributed by atoms with E-state index in [0.29, 0.717) is 19.0 Å². The molecule has 0 spiro atoms. The lowest BCUT2D eigenvalue weighted by molar-refractivity contribution is 0.603. The van der Waals surface area contributed by atoms with E-state index in [1.54, 1.807) is 18.2 Å². The Kier molecular flexibility index (Phi) is 5.01. The molecule has 0 fully saturated rings. The standard InChI is InChI=1S/C10H5Br3ClNO2S2/c11-5-1-2-6(12)8(3-5)15-19(16,17)9-4-7(14)10(13)18-9/h1-4,15H. The van der Waals surface area contributed by atoms with Crippen LogP contribution >= 0.6 is 70.7 Å². The fourth-order valence-electron chi connectivity index (χ4n) is 1.23. The van der Waals surface area contributed by atoms with Crippen LogP contribution in [-0.2, 0) is 10.0 Å². The lowest BCUT2D eigenvalue weighted by Crippen LogP contribution is -2.11. The van der Waals surface area contributed by atoms with E-state index in [9.17, 15) is 8.42 Å². The summed E-state index contributed by atoms with van der Waals surface area (Å²) in [6, 6.07) is 6.64. The number of hydrogen-bond acceptors (Lipinski definition) is 3. The smallest absolute Gasteiger partial charge is 0.271 e. The monoisotopic (exact) mass is 507 g/mol. The molecule has 0 amide bonds. The van der Waals surface area contributed by atoms with Crippen molar-refractivity contribution in [2.75, 3.05) is 4.72 Å². The molecule has 2 rings (SSSR count). The summed E-state index contributed by atoms with van der Waals surface area (Å²) < 4.78 is 29.1. The van der Waals surface area contributed by atoms with E-state index in [4.69, 9.17) is 11.6 Å². The van der Waals surface area contributed by atoms with Crippen LogP contribution in [0.2, 0.25) is 5.02 Å². The highest BCUT2D eigenvalue weighted by atomic mass is 79.9. The number of benzene rings is 1. The highest BCUT2D eigenvalue weighted by Gasteiger charge is 2.20. The highest BCUT2D eigenvalue weighted by molar-refractivity contribution is 9.11. The predicted octanol–water partition coefficient (Wildman–Crippen LogP) is 5.49. The molecule has 0 aliphatic heterocycles. The topological polar surface area (TPSA) is 46.2 Å². The maximum Gasteiger partial charge on any atom is 0.271 e. The van der Waals surface area contributed by atoms with Gasteiger partial charge in [0.05, 0.1) is 14.5 Å². The average Bonchev–Trinajstić information content (AvgIpc) is 2.65. The number of nitrogens with one attached hydrogen (secondary N) is 1. The van der Waals surface area contributed by atoms with Gasteiger partial charge in [-0.25, -0.2) is 8.42 Å². The molecule has 0 unspecified atom stereocenters. The third kappa shape index (κ3) is 3.74. The molecule has 1 aromatic carbocycles. The molecule has 0 aliphatic rings. The number of halogens is 4. The van der Waals surface area contributed by atoms with E-state index in [-0.39, 0.29) is 4.21 Å². The summed E-state index contributed by atoms with van der Waals surface area (Å²) >= 11 is 16.7. The molecule has 3 nitrogen and oxygen atoms in total. The largest absolute Gasteiger partial charge is 0.278 e. The van der Waals surface area contributed by atoms with Crippen LogP contribution in [0.1, 0.15) is 0 Å². The zero-order chi connectivity index (χ0) is 14.2. The van der Waals surface area contributed by atoms with Gasteiger partial charge in [-0.15, -0.1) is 11.3 Å². The van der Waals surface area contributed by atoms with Gasteiger partial charge in [0.15, 0.2) is 0 Å². The Morgan fingerprint density at radius 1 is 1.16 bits per heavy atom. The lowest BCUT2D eigenvalue weighted by Gasteiger charge is -2.08. The summed E-state index contributed by atoms with van der Waals surface area (Å²) in [6.45, 7) is 0. The minimum Gasteiger partial charge on any atom is -0.278 e. The molecule has 0 saturated heterocycles. The Morgan fingerprint density at radius 3 is 2.42 bits per heavy atom. The van der Waals surface area contributed by atoms with Gasteiger partial charge < -0.3 is 0 Å². The van der Waals surface area contributed by atoms with E-state index < -0.39 is 10.0 Å². The maximum absolute atomic E-state index is 12.2. The van der Waals surface area contributed by atoms with Crippen LogP contribution in [0.15, 0.2) is 41.2 Å². The van der Waals surface area contributed by atoms with Crippen LogP contribution in [0.5, 0.6) is 0 Å². The molecule has 1 aromatic heterocycles. The Morgan fingerprint density at radius 2 is 1.84 bits per heavy atom. The summed E-state index contributed by atoms with van der Waals surface area (Å²) in [7, 11) is -3.65. The summed E-state index contributed by atoms with van der Waals surface area (Å²) in [5, 5.41) is 0.374. The molecule has 1 heterocycles. The molecule has 2 aromatic rings. The summed E-state index contributed by atoms with van der Waals surface area (Å²) in [5.74, 6) is 0. The minimum atomic E-state index is -3.65. The first kappa shape index (κ1) is 15.8. The quantitative estimate of drug-likeness (QED) is 0.594. The first-order valence-corrected chi connectivity index (χ1v) is 9.78. The van der Waals surface area contributed by atoms with Crippen LogP contribution in [0, 0.1) is 0 Å². The number of thiophene rings is 1. The Bertz CT molecular complexity index is 711. The van der Waals surface area contributed by atoms with Crippen molar-refractivity contribution in [1.29, 1.82) is 0 Å². The molecule has 0 atom stereocenters. The van der Waals surface area contributed by atoms with Crippen molar-refractivity contribution >= 4 is 86.4 Å². The second kappa shape index (κ2) is 6.03. The van der Waals surface area contributed by atoms with Gasteiger partial charge in [-0.3, -0.25) is 4.72 Å². The van der Waals surface area contributed by atoms with Crippen LogP contribution in [0.3, 0.4) is 0 Å². The number of anilines is 1. The lowest BCUT2D eigenvalue weighted by atomic mass is 10.3. The predicted molar refractivity (Wildman–Crippen MR) is 89.7 cm³/mol. The van der Waals surface area contributed by atoms with Gasteiger partial charge in [-0.2, -0.15) is 0 Å². The van der Waals surface area contributed by atoms with Crippen molar-refractivity contribution in [3.63, 3.8) is 0 Å². The second-order valence-electron chi connectivity index (χ2n) is 3.42. The number of hydrogen-bond donors (Lipinski definition) is 1. The highest BCUT2D eigenvalue weighted by Crippen LogP contribution is 2.36. The van der Waals surface area contributed by atoms with Gasteiger partial charge in [0.1, 0.15) is 4.21 Å². The summed E-state index contributed by atoms with van der Waals surface area (Å²) in [4.78, 5) is 0. The molecule has 0 saturated carbocycles. The van der Waals surface area contributed by atoms with Gasteiger partial charge in [0, 0.05) is 8.95 Å². The van der Waals surface area contributed by atoms with Crippen molar-refractivity contribution < 1.29 is 8.42 Å².